The van der Waals surface area contributed by atoms with Crippen LogP contribution in [0.4, 0.5) is 4.39 Å². The number of fused-ring (bicyclic) bond motifs is 2. The number of hydrogen-bond donors (Lipinski definition) is 1. The van der Waals surface area contributed by atoms with Crippen molar-refractivity contribution in [2.45, 2.75) is 19.5 Å². The molecule has 4 rings (SSSR count). The van der Waals surface area contributed by atoms with Crippen LogP contribution in [-0.4, -0.2) is 21.0 Å². The fourth-order valence-electron chi connectivity index (χ4n) is 2.79. The topological polar surface area (TPSA) is 42.2 Å². The van der Waals surface area contributed by atoms with E-state index in [-0.39, 0.29) is 5.82 Å². The second-order valence-electron chi connectivity index (χ2n) is 5.93. The lowest BCUT2D eigenvalue weighted by Crippen LogP contribution is -2.41. The summed E-state index contributed by atoms with van der Waals surface area (Å²) in [6.07, 6.45) is 3.64. The summed E-state index contributed by atoms with van der Waals surface area (Å²) in [7, 11) is 0. The van der Waals surface area contributed by atoms with E-state index in [1.807, 2.05) is 49.0 Å². The van der Waals surface area contributed by atoms with Gasteiger partial charge in [-0.25, -0.2) is 4.39 Å². The number of rotatable bonds is 1. The number of nitrogens with zero attached hydrogens (tertiary/aromatic N) is 3. The normalized spacial score (nSPS) is 16.0. The SMILES string of the molecule is CC1(C)N=C(c2cnc3c(F)cccc3c2)c2cccn2N1. The number of hydrogen-bond acceptors (Lipinski definition) is 3. The van der Waals surface area contributed by atoms with Crippen LogP contribution in [0.3, 0.4) is 0 Å². The third-order valence-corrected chi connectivity index (χ3v) is 3.71. The Balaban J connectivity index is 1.93. The zero-order chi connectivity index (χ0) is 15.3. The maximum Gasteiger partial charge on any atom is 0.149 e. The van der Waals surface area contributed by atoms with Gasteiger partial charge in [0.2, 0.25) is 0 Å². The van der Waals surface area contributed by atoms with Crippen LogP contribution in [0, 0.1) is 5.82 Å². The maximum atomic E-state index is 13.8. The number of aliphatic imine (C=N–C) groups is 1. The van der Waals surface area contributed by atoms with Crippen molar-refractivity contribution in [2.24, 2.45) is 4.99 Å². The highest BCUT2D eigenvalue weighted by atomic mass is 19.1. The molecule has 0 amide bonds. The molecule has 0 bridgehead atoms. The number of halogens is 1. The molecule has 1 N–H and O–H groups in total. The van der Waals surface area contributed by atoms with Gasteiger partial charge in [-0.1, -0.05) is 12.1 Å². The summed E-state index contributed by atoms with van der Waals surface area (Å²) in [6, 6.07) is 10.9. The zero-order valence-electron chi connectivity index (χ0n) is 12.3. The van der Waals surface area contributed by atoms with Gasteiger partial charge in [-0.3, -0.25) is 20.1 Å². The van der Waals surface area contributed by atoms with Gasteiger partial charge >= 0.3 is 0 Å². The highest BCUT2D eigenvalue weighted by Crippen LogP contribution is 2.24. The molecule has 3 heterocycles. The molecular formula is C17H15FN4. The molecule has 0 aliphatic carbocycles. The van der Waals surface area contributed by atoms with Crippen molar-refractivity contribution in [3.63, 3.8) is 0 Å². The lowest BCUT2D eigenvalue weighted by Gasteiger charge is -2.31. The van der Waals surface area contributed by atoms with E-state index in [2.05, 4.69) is 10.4 Å². The molecule has 0 saturated heterocycles. The van der Waals surface area contributed by atoms with Crippen LogP contribution in [0.5, 0.6) is 0 Å². The molecule has 0 fully saturated rings. The molecule has 0 spiro atoms. The van der Waals surface area contributed by atoms with Crippen LogP contribution < -0.4 is 5.43 Å². The quantitative estimate of drug-likeness (QED) is 0.748. The van der Waals surface area contributed by atoms with E-state index in [0.717, 1.165) is 22.4 Å². The van der Waals surface area contributed by atoms with E-state index in [1.54, 1.807) is 12.3 Å². The highest BCUT2D eigenvalue weighted by molar-refractivity contribution is 6.13. The Morgan fingerprint density at radius 3 is 2.91 bits per heavy atom. The lowest BCUT2D eigenvalue weighted by atomic mass is 10.0. The highest BCUT2D eigenvalue weighted by Gasteiger charge is 2.26. The predicted molar refractivity (Wildman–Crippen MR) is 85.2 cm³/mol. The standard InChI is InChI=1S/C17H15FN4/c1-17(2)20-16(14-7-4-8-22(14)21-17)12-9-11-5-3-6-13(18)15(11)19-10-12/h3-10,21H,1-2H3. The number of pyridine rings is 1. The Morgan fingerprint density at radius 1 is 1.18 bits per heavy atom. The molecule has 2 aromatic heterocycles. The monoisotopic (exact) mass is 294 g/mol. The first-order valence-electron chi connectivity index (χ1n) is 7.14. The smallest absolute Gasteiger partial charge is 0.149 e. The van der Waals surface area contributed by atoms with E-state index < -0.39 is 5.66 Å². The minimum Gasteiger partial charge on any atom is -0.300 e. The second-order valence-corrected chi connectivity index (χ2v) is 5.93. The summed E-state index contributed by atoms with van der Waals surface area (Å²) in [5.74, 6) is -0.306. The van der Waals surface area contributed by atoms with Crippen LogP contribution in [-0.2, 0) is 0 Å². The van der Waals surface area contributed by atoms with Crippen molar-refractivity contribution in [3.05, 3.63) is 65.9 Å². The Kier molecular flexibility index (Phi) is 2.60. The van der Waals surface area contributed by atoms with Gasteiger partial charge in [0, 0.05) is 23.3 Å². The molecular weight excluding hydrogens is 279 g/mol. The van der Waals surface area contributed by atoms with Gasteiger partial charge in [0.15, 0.2) is 0 Å². The Bertz CT molecular complexity index is 908. The molecule has 0 atom stereocenters. The molecule has 1 aromatic carbocycles. The average Bonchev–Trinajstić information content (AvgIpc) is 2.93. The molecule has 0 saturated carbocycles. The molecule has 4 nitrogen and oxygen atoms in total. The van der Waals surface area contributed by atoms with Crippen molar-refractivity contribution in [2.75, 3.05) is 5.43 Å². The van der Waals surface area contributed by atoms with E-state index >= 15 is 0 Å². The van der Waals surface area contributed by atoms with Gasteiger partial charge in [0.25, 0.3) is 0 Å². The van der Waals surface area contributed by atoms with Crippen LogP contribution in [0.1, 0.15) is 25.1 Å². The minimum absolute atomic E-state index is 0.306. The average molecular weight is 294 g/mol. The van der Waals surface area contributed by atoms with Crippen LogP contribution in [0.2, 0.25) is 0 Å². The summed E-state index contributed by atoms with van der Waals surface area (Å²) in [5.41, 5.74) is 5.98. The van der Waals surface area contributed by atoms with Crippen LogP contribution in [0.25, 0.3) is 10.9 Å². The number of aromatic nitrogens is 2. The third kappa shape index (κ3) is 1.97. The predicted octanol–water partition coefficient (Wildman–Crippen LogP) is 3.31. The molecule has 1 aliphatic rings. The van der Waals surface area contributed by atoms with Crippen molar-refractivity contribution in [1.29, 1.82) is 0 Å². The van der Waals surface area contributed by atoms with E-state index in [0.29, 0.717) is 5.52 Å². The first kappa shape index (κ1) is 13.0. The first-order valence-corrected chi connectivity index (χ1v) is 7.14. The van der Waals surface area contributed by atoms with Gasteiger partial charge in [0.1, 0.15) is 17.0 Å². The summed E-state index contributed by atoms with van der Waals surface area (Å²) in [5, 5.41) is 0.773. The van der Waals surface area contributed by atoms with Gasteiger partial charge < -0.3 is 0 Å². The third-order valence-electron chi connectivity index (χ3n) is 3.71. The van der Waals surface area contributed by atoms with Crippen molar-refractivity contribution in [1.82, 2.24) is 9.66 Å². The minimum atomic E-state index is -0.418. The van der Waals surface area contributed by atoms with Gasteiger partial charge in [0.05, 0.1) is 11.4 Å². The zero-order valence-corrected chi connectivity index (χ0v) is 12.3. The summed E-state index contributed by atoms with van der Waals surface area (Å²) in [4.78, 5) is 9.05. The Labute approximate surface area is 127 Å². The van der Waals surface area contributed by atoms with Crippen LogP contribution >= 0.6 is 0 Å². The van der Waals surface area contributed by atoms with Gasteiger partial charge in [-0.2, -0.15) is 0 Å². The summed E-state index contributed by atoms with van der Waals surface area (Å²) >= 11 is 0. The Hall–Kier alpha value is -2.69. The van der Waals surface area contributed by atoms with Crippen molar-refractivity contribution in [3.8, 4) is 0 Å². The van der Waals surface area contributed by atoms with E-state index in [4.69, 9.17) is 4.99 Å². The van der Waals surface area contributed by atoms with Crippen molar-refractivity contribution < 1.29 is 4.39 Å². The molecule has 3 aromatic rings. The summed E-state index contributed by atoms with van der Waals surface area (Å²) in [6.45, 7) is 4.01. The lowest BCUT2D eigenvalue weighted by molar-refractivity contribution is 0.517. The van der Waals surface area contributed by atoms with Crippen LogP contribution in [0.15, 0.2) is 53.8 Å². The van der Waals surface area contributed by atoms with Gasteiger partial charge in [-0.15, -0.1) is 0 Å². The second kappa shape index (κ2) is 4.40. The molecule has 0 unspecified atom stereocenters. The number of benzene rings is 1. The molecule has 110 valence electrons. The first-order chi connectivity index (χ1) is 10.5. The molecule has 0 radical (unpaired) electrons. The largest absolute Gasteiger partial charge is 0.300 e. The van der Waals surface area contributed by atoms with Crippen molar-refractivity contribution >= 4 is 16.6 Å². The molecule has 1 aliphatic heterocycles. The van der Waals surface area contributed by atoms with E-state index in [9.17, 15) is 4.39 Å². The number of nitrogens with one attached hydrogen (secondary N) is 1. The molecule has 22 heavy (non-hydrogen) atoms. The van der Waals surface area contributed by atoms with Gasteiger partial charge in [-0.05, 0) is 38.1 Å². The maximum absolute atomic E-state index is 13.8. The van der Waals surface area contributed by atoms with E-state index in [1.165, 1.54) is 6.07 Å². The fourth-order valence-corrected chi connectivity index (χ4v) is 2.79. The molecule has 5 heteroatoms. The summed E-state index contributed by atoms with van der Waals surface area (Å²) < 4.78 is 15.7. The Morgan fingerprint density at radius 2 is 2.05 bits per heavy atom. The number of para-hydroxylation sites is 1. The fraction of sp³-hybridized carbons (Fsp3) is 0.176.